The van der Waals surface area contributed by atoms with Gasteiger partial charge in [-0.1, -0.05) is 42.5 Å². The van der Waals surface area contributed by atoms with Crippen LogP contribution in [0.3, 0.4) is 0 Å². The number of hydrogen-bond donors (Lipinski definition) is 2. The first-order chi connectivity index (χ1) is 10.5. The molecule has 2 N–H and O–H groups in total. The summed E-state index contributed by atoms with van der Waals surface area (Å²) in [6, 6.07) is 16.8. The van der Waals surface area contributed by atoms with Crippen molar-refractivity contribution in [1.82, 2.24) is 0 Å². The van der Waals surface area contributed by atoms with Gasteiger partial charge in [-0.2, -0.15) is 0 Å². The molecule has 2 rings (SSSR count). The van der Waals surface area contributed by atoms with Crippen molar-refractivity contribution in [2.24, 2.45) is 0 Å². The van der Waals surface area contributed by atoms with Crippen molar-refractivity contribution in [3.05, 3.63) is 65.7 Å². The zero-order valence-electron chi connectivity index (χ0n) is 12.5. The van der Waals surface area contributed by atoms with Gasteiger partial charge in [0.05, 0.1) is 6.42 Å². The quantitative estimate of drug-likeness (QED) is 0.856. The summed E-state index contributed by atoms with van der Waals surface area (Å²) in [5.74, 6) is -1.42. The summed E-state index contributed by atoms with van der Waals surface area (Å²) in [7, 11) is 0. The van der Waals surface area contributed by atoms with Gasteiger partial charge in [-0.25, -0.2) is 0 Å². The van der Waals surface area contributed by atoms with Gasteiger partial charge in [0.25, 0.3) is 0 Å². The Balaban J connectivity index is 2.06. The van der Waals surface area contributed by atoms with E-state index in [0.717, 1.165) is 16.8 Å². The molecule has 1 amide bonds. The molecule has 4 nitrogen and oxygen atoms in total. The first-order valence-corrected chi connectivity index (χ1v) is 7.18. The first-order valence-electron chi connectivity index (χ1n) is 7.18. The van der Waals surface area contributed by atoms with Crippen molar-refractivity contribution in [3.8, 4) is 0 Å². The largest absolute Gasteiger partial charge is 0.481 e. The average molecular weight is 297 g/mol. The predicted molar refractivity (Wildman–Crippen MR) is 85.9 cm³/mol. The maximum atomic E-state index is 12.2. The van der Waals surface area contributed by atoms with E-state index in [0.29, 0.717) is 0 Å². The fourth-order valence-corrected chi connectivity index (χ4v) is 2.40. The van der Waals surface area contributed by atoms with Gasteiger partial charge in [-0.3, -0.25) is 9.59 Å². The van der Waals surface area contributed by atoms with E-state index in [-0.39, 0.29) is 24.7 Å². The molecule has 2 aromatic carbocycles. The van der Waals surface area contributed by atoms with E-state index in [2.05, 4.69) is 5.32 Å². The lowest BCUT2D eigenvalue weighted by molar-refractivity contribution is -0.137. The van der Waals surface area contributed by atoms with Gasteiger partial charge in [-0.05, 0) is 30.2 Å². The number of carbonyl (C=O) groups excluding carboxylic acids is 1. The second-order valence-electron chi connectivity index (χ2n) is 5.33. The molecule has 0 unspecified atom stereocenters. The van der Waals surface area contributed by atoms with Crippen LogP contribution in [0.1, 0.15) is 29.9 Å². The molecule has 2 aromatic rings. The van der Waals surface area contributed by atoms with Gasteiger partial charge in [0.2, 0.25) is 5.91 Å². The van der Waals surface area contributed by atoms with Crippen LogP contribution in [0, 0.1) is 6.92 Å². The molecular weight excluding hydrogens is 278 g/mol. The van der Waals surface area contributed by atoms with Gasteiger partial charge in [0.1, 0.15) is 0 Å². The number of benzene rings is 2. The van der Waals surface area contributed by atoms with Crippen LogP contribution in [0.5, 0.6) is 0 Å². The Bertz CT molecular complexity index is 652. The second kappa shape index (κ2) is 7.41. The summed E-state index contributed by atoms with van der Waals surface area (Å²) in [6.45, 7) is 1.95. The lowest BCUT2D eigenvalue weighted by atomic mass is 9.92. The van der Waals surface area contributed by atoms with Crippen LogP contribution in [0.2, 0.25) is 0 Å². The number of hydrogen-bond acceptors (Lipinski definition) is 2. The molecule has 0 saturated carbocycles. The van der Waals surface area contributed by atoms with Crippen molar-refractivity contribution in [3.63, 3.8) is 0 Å². The Kier molecular flexibility index (Phi) is 5.31. The maximum Gasteiger partial charge on any atom is 0.303 e. The molecule has 0 heterocycles. The fourth-order valence-electron chi connectivity index (χ4n) is 2.40. The number of aryl methyl sites for hydroxylation is 1. The molecule has 0 aliphatic heterocycles. The topological polar surface area (TPSA) is 66.4 Å². The highest BCUT2D eigenvalue weighted by Crippen LogP contribution is 2.24. The zero-order valence-corrected chi connectivity index (χ0v) is 12.5. The van der Waals surface area contributed by atoms with E-state index in [1.165, 1.54) is 0 Å². The zero-order chi connectivity index (χ0) is 15.9. The van der Waals surface area contributed by atoms with Gasteiger partial charge < -0.3 is 10.4 Å². The maximum absolute atomic E-state index is 12.2. The lowest BCUT2D eigenvalue weighted by Crippen LogP contribution is -2.17. The number of aliphatic carboxylic acids is 1. The smallest absolute Gasteiger partial charge is 0.303 e. The third-order valence-electron chi connectivity index (χ3n) is 3.43. The van der Waals surface area contributed by atoms with E-state index >= 15 is 0 Å². The molecule has 0 radical (unpaired) electrons. The normalized spacial score (nSPS) is 11.7. The highest BCUT2D eigenvalue weighted by molar-refractivity contribution is 5.91. The summed E-state index contributed by atoms with van der Waals surface area (Å²) in [4.78, 5) is 23.2. The minimum absolute atomic E-state index is 0.0642. The van der Waals surface area contributed by atoms with Crippen LogP contribution in [-0.4, -0.2) is 17.0 Å². The van der Waals surface area contributed by atoms with Crippen LogP contribution in [0.4, 0.5) is 5.69 Å². The molecule has 0 aliphatic rings. The van der Waals surface area contributed by atoms with Crippen LogP contribution >= 0.6 is 0 Å². The number of rotatable bonds is 6. The number of carboxylic acid groups (broad SMARTS) is 1. The number of nitrogens with one attached hydrogen (secondary N) is 1. The van der Waals surface area contributed by atoms with Gasteiger partial charge in [0, 0.05) is 18.0 Å². The molecule has 0 fully saturated rings. The van der Waals surface area contributed by atoms with Crippen molar-refractivity contribution >= 4 is 17.6 Å². The molecule has 0 spiro atoms. The fraction of sp³-hybridized carbons (Fsp3) is 0.222. The van der Waals surface area contributed by atoms with E-state index < -0.39 is 5.97 Å². The molecule has 4 heteroatoms. The van der Waals surface area contributed by atoms with Gasteiger partial charge in [0.15, 0.2) is 0 Å². The summed E-state index contributed by atoms with van der Waals surface area (Å²) in [5.41, 5.74) is 2.65. The summed E-state index contributed by atoms with van der Waals surface area (Å²) >= 11 is 0. The Hall–Kier alpha value is -2.62. The lowest BCUT2D eigenvalue weighted by Gasteiger charge is -2.15. The Morgan fingerprint density at radius 3 is 2.41 bits per heavy atom. The van der Waals surface area contributed by atoms with Gasteiger partial charge in [-0.15, -0.1) is 0 Å². The SMILES string of the molecule is Cc1cccc(NC(=O)C[C@@H](CC(=O)O)c2ccccc2)c1. The van der Waals surface area contributed by atoms with Gasteiger partial charge >= 0.3 is 5.97 Å². The van der Waals surface area contributed by atoms with Crippen molar-refractivity contribution in [2.45, 2.75) is 25.7 Å². The third kappa shape index (κ3) is 4.74. The monoisotopic (exact) mass is 297 g/mol. The minimum Gasteiger partial charge on any atom is -0.481 e. The molecule has 1 atom stereocenters. The molecule has 0 aliphatic carbocycles. The molecular formula is C18H19NO3. The Morgan fingerprint density at radius 2 is 1.77 bits per heavy atom. The van der Waals surface area contributed by atoms with Crippen molar-refractivity contribution in [1.29, 1.82) is 0 Å². The van der Waals surface area contributed by atoms with Crippen molar-refractivity contribution < 1.29 is 14.7 Å². The number of carboxylic acids is 1. The third-order valence-corrected chi connectivity index (χ3v) is 3.43. The van der Waals surface area contributed by atoms with E-state index in [9.17, 15) is 9.59 Å². The van der Waals surface area contributed by atoms with E-state index in [1.54, 1.807) is 0 Å². The Labute approximate surface area is 129 Å². The van der Waals surface area contributed by atoms with Crippen molar-refractivity contribution in [2.75, 3.05) is 5.32 Å². The summed E-state index contributed by atoms with van der Waals surface area (Å²) < 4.78 is 0. The second-order valence-corrected chi connectivity index (χ2v) is 5.33. The predicted octanol–water partition coefficient (Wildman–Crippen LogP) is 3.58. The van der Waals surface area contributed by atoms with Crippen LogP contribution in [-0.2, 0) is 9.59 Å². The molecule has 114 valence electrons. The summed E-state index contributed by atoms with van der Waals surface area (Å²) in [5, 5.41) is 11.9. The van der Waals surface area contributed by atoms with Crippen LogP contribution < -0.4 is 5.32 Å². The number of amides is 1. The van der Waals surface area contributed by atoms with Crippen LogP contribution in [0.25, 0.3) is 0 Å². The number of carbonyl (C=O) groups is 2. The highest BCUT2D eigenvalue weighted by atomic mass is 16.4. The van der Waals surface area contributed by atoms with E-state index in [1.807, 2.05) is 61.5 Å². The van der Waals surface area contributed by atoms with Crippen LogP contribution in [0.15, 0.2) is 54.6 Å². The number of anilines is 1. The highest BCUT2D eigenvalue weighted by Gasteiger charge is 2.19. The van der Waals surface area contributed by atoms with E-state index in [4.69, 9.17) is 5.11 Å². The minimum atomic E-state index is -0.905. The average Bonchev–Trinajstić information content (AvgIpc) is 2.47. The molecule has 22 heavy (non-hydrogen) atoms. The molecule has 0 aromatic heterocycles. The first kappa shape index (κ1) is 15.8. The molecule has 0 saturated heterocycles. The molecule has 0 bridgehead atoms. The Morgan fingerprint density at radius 1 is 1.05 bits per heavy atom. The standard InChI is InChI=1S/C18H19NO3/c1-13-6-5-9-16(10-13)19-17(20)11-15(12-18(21)22)14-7-3-2-4-8-14/h2-10,15H,11-12H2,1H3,(H,19,20)(H,21,22)/t15-/m0/s1. The summed E-state index contributed by atoms with van der Waals surface area (Å²) in [6.07, 6.45) is 0.0789.